The molecule has 2 heterocycles. The minimum Gasteiger partial charge on any atom is -0.466 e. The topological polar surface area (TPSA) is 83.2 Å². The summed E-state index contributed by atoms with van der Waals surface area (Å²) in [6, 6.07) is 3.88. The fourth-order valence-corrected chi connectivity index (χ4v) is 2.84. The number of ether oxygens (including phenoxy) is 2. The molecule has 1 aromatic heterocycles. The zero-order valence-electron chi connectivity index (χ0n) is 10.5. The summed E-state index contributed by atoms with van der Waals surface area (Å²) >= 11 is 1.47. The third-order valence-electron chi connectivity index (χ3n) is 3.02. The quantitative estimate of drug-likeness (QED) is 0.841. The lowest BCUT2D eigenvalue weighted by Gasteiger charge is -2.29. The molecule has 2 atom stereocenters. The first-order valence-electron chi connectivity index (χ1n) is 5.57. The van der Waals surface area contributed by atoms with Gasteiger partial charge in [0.1, 0.15) is 11.7 Å². The molecule has 0 bridgehead atoms. The molecule has 6 heteroatoms. The van der Waals surface area contributed by atoms with Gasteiger partial charge in [-0.05, 0) is 29.3 Å². The number of hydrogen-bond acceptors (Lipinski definition) is 6. The summed E-state index contributed by atoms with van der Waals surface area (Å²) in [6.07, 6.45) is 0. The Morgan fingerprint density at radius 1 is 1.63 bits per heavy atom. The number of carbonyl (C=O) groups excluding carboxylic acids is 1. The van der Waals surface area contributed by atoms with Crippen molar-refractivity contribution in [3.8, 4) is 6.07 Å². The summed E-state index contributed by atoms with van der Waals surface area (Å²) in [5.74, 6) is -1.66. The fourth-order valence-electron chi connectivity index (χ4n) is 2.15. The van der Waals surface area contributed by atoms with Gasteiger partial charge in [0.2, 0.25) is 5.90 Å². The smallest absolute Gasteiger partial charge is 0.337 e. The van der Waals surface area contributed by atoms with Crippen LogP contribution in [0.1, 0.15) is 18.4 Å². The first-order chi connectivity index (χ1) is 9.10. The molecule has 0 aromatic carbocycles. The molecular formula is C13H12N2O3S. The van der Waals surface area contributed by atoms with Crippen LogP contribution in [0, 0.1) is 22.7 Å². The lowest BCUT2D eigenvalue weighted by Crippen LogP contribution is -2.32. The minimum atomic E-state index is -0.813. The van der Waals surface area contributed by atoms with E-state index in [1.807, 2.05) is 22.9 Å². The highest BCUT2D eigenvalue weighted by Crippen LogP contribution is 2.40. The molecule has 2 unspecified atom stereocenters. The number of nitrogens with one attached hydrogen (secondary N) is 1. The van der Waals surface area contributed by atoms with Crippen molar-refractivity contribution in [1.29, 1.82) is 10.7 Å². The summed E-state index contributed by atoms with van der Waals surface area (Å²) in [6.45, 7) is 1.60. The highest BCUT2D eigenvalue weighted by Gasteiger charge is 2.41. The molecule has 19 heavy (non-hydrogen) atoms. The minimum absolute atomic E-state index is 0.135. The molecule has 1 aromatic rings. The second kappa shape index (κ2) is 5.24. The zero-order chi connectivity index (χ0) is 14.0. The summed E-state index contributed by atoms with van der Waals surface area (Å²) < 4.78 is 9.96. The van der Waals surface area contributed by atoms with Gasteiger partial charge in [0.25, 0.3) is 0 Å². The van der Waals surface area contributed by atoms with Crippen LogP contribution in [0.2, 0.25) is 0 Å². The van der Waals surface area contributed by atoms with Gasteiger partial charge in [-0.2, -0.15) is 16.6 Å². The van der Waals surface area contributed by atoms with Crippen LogP contribution in [0.15, 0.2) is 28.2 Å². The summed E-state index contributed by atoms with van der Waals surface area (Å²) in [5, 5.41) is 20.7. The summed E-state index contributed by atoms with van der Waals surface area (Å²) in [4.78, 5) is 11.9. The van der Waals surface area contributed by atoms with Gasteiger partial charge in [-0.25, -0.2) is 4.79 Å². The van der Waals surface area contributed by atoms with Crippen LogP contribution in [0.5, 0.6) is 0 Å². The van der Waals surface area contributed by atoms with E-state index in [0.29, 0.717) is 11.3 Å². The zero-order valence-corrected chi connectivity index (χ0v) is 11.3. The van der Waals surface area contributed by atoms with E-state index < -0.39 is 17.8 Å². The van der Waals surface area contributed by atoms with E-state index in [4.69, 9.17) is 14.9 Å². The van der Waals surface area contributed by atoms with Crippen molar-refractivity contribution < 1.29 is 14.3 Å². The number of nitrogens with zero attached hydrogens (tertiary/aromatic N) is 1. The number of methoxy groups -OCH3 is 1. The highest BCUT2D eigenvalue weighted by atomic mass is 32.1. The Hall–Kier alpha value is -2.13. The Morgan fingerprint density at radius 2 is 2.37 bits per heavy atom. The average molecular weight is 276 g/mol. The maximum Gasteiger partial charge on any atom is 0.337 e. The van der Waals surface area contributed by atoms with Gasteiger partial charge in [-0.15, -0.1) is 0 Å². The van der Waals surface area contributed by atoms with Gasteiger partial charge in [0, 0.05) is 5.92 Å². The van der Waals surface area contributed by atoms with Crippen molar-refractivity contribution in [1.82, 2.24) is 0 Å². The maximum absolute atomic E-state index is 11.9. The van der Waals surface area contributed by atoms with E-state index in [2.05, 4.69) is 0 Å². The van der Waals surface area contributed by atoms with E-state index in [-0.39, 0.29) is 5.90 Å². The number of hydrogen-bond donors (Lipinski definition) is 1. The largest absolute Gasteiger partial charge is 0.466 e. The monoisotopic (exact) mass is 276 g/mol. The number of rotatable bonds is 2. The number of allylic oxidation sites excluding steroid dienone is 1. The van der Waals surface area contributed by atoms with Crippen molar-refractivity contribution >= 4 is 23.2 Å². The van der Waals surface area contributed by atoms with E-state index in [1.54, 1.807) is 6.92 Å². The fraction of sp³-hybridized carbons (Fsp3) is 0.308. The van der Waals surface area contributed by atoms with Gasteiger partial charge in [-0.3, -0.25) is 5.41 Å². The first-order valence-corrected chi connectivity index (χ1v) is 6.51. The predicted molar refractivity (Wildman–Crippen MR) is 69.7 cm³/mol. The van der Waals surface area contributed by atoms with E-state index in [9.17, 15) is 10.1 Å². The lowest BCUT2D eigenvalue weighted by atomic mass is 9.80. The van der Waals surface area contributed by atoms with Gasteiger partial charge in [0.05, 0.1) is 18.8 Å². The van der Waals surface area contributed by atoms with Crippen LogP contribution in [0.3, 0.4) is 0 Å². The molecule has 1 aliphatic rings. The third-order valence-corrected chi connectivity index (χ3v) is 3.72. The van der Waals surface area contributed by atoms with Gasteiger partial charge in [0.15, 0.2) is 0 Å². The number of carbonyl (C=O) groups is 1. The molecule has 0 aliphatic carbocycles. The number of nitriles is 1. The second-order valence-corrected chi connectivity index (χ2v) is 4.85. The first kappa shape index (κ1) is 13.3. The van der Waals surface area contributed by atoms with Crippen LogP contribution in [-0.2, 0) is 14.3 Å². The van der Waals surface area contributed by atoms with Crippen molar-refractivity contribution in [2.45, 2.75) is 12.8 Å². The van der Waals surface area contributed by atoms with Crippen molar-refractivity contribution in [2.75, 3.05) is 7.11 Å². The Morgan fingerprint density at radius 3 is 2.89 bits per heavy atom. The molecule has 1 aliphatic heterocycles. The molecule has 2 rings (SSSR count). The van der Waals surface area contributed by atoms with E-state index >= 15 is 0 Å². The van der Waals surface area contributed by atoms with E-state index in [1.165, 1.54) is 18.4 Å². The van der Waals surface area contributed by atoms with Crippen molar-refractivity contribution in [2.24, 2.45) is 5.92 Å². The van der Waals surface area contributed by atoms with Crippen LogP contribution in [0.4, 0.5) is 0 Å². The highest BCUT2D eigenvalue weighted by molar-refractivity contribution is 7.08. The van der Waals surface area contributed by atoms with Crippen LogP contribution >= 0.6 is 11.3 Å². The molecule has 0 amide bonds. The maximum atomic E-state index is 11.9. The van der Waals surface area contributed by atoms with Crippen LogP contribution in [0.25, 0.3) is 0 Å². The normalized spacial score (nSPS) is 22.7. The molecule has 0 fully saturated rings. The molecule has 0 saturated heterocycles. The molecule has 5 nitrogen and oxygen atoms in total. The Kier molecular flexibility index (Phi) is 3.67. The molecule has 1 N–H and O–H groups in total. The van der Waals surface area contributed by atoms with E-state index in [0.717, 1.165) is 5.56 Å². The van der Waals surface area contributed by atoms with Gasteiger partial charge in [-0.1, -0.05) is 0 Å². The molecule has 98 valence electrons. The SMILES string of the molecule is COC(=O)C1=C(C)OC(=N)C(C#N)C1c1ccsc1. The molecule has 0 spiro atoms. The van der Waals surface area contributed by atoms with Gasteiger partial charge >= 0.3 is 5.97 Å². The Balaban J connectivity index is 2.58. The number of esters is 1. The average Bonchev–Trinajstić information content (AvgIpc) is 2.90. The number of thiophene rings is 1. The van der Waals surface area contributed by atoms with Crippen molar-refractivity contribution in [3.63, 3.8) is 0 Å². The third kappa shape index (κ3) is 2.25. The second-order valence-electron chi connectivity index (χ2n) is 4.07. The summed E-state index contributed by atoms with van der Waals surface area (Å²) in [7, 11) is 1.29. The van der Waals surface area contributed by atoms with Gasteiger partial charge < -0.3 is 9.47 Å². The lowest BCUT2D eigenvalue weighted by molar-refractivity contribution is -0.136. The molecule has 0 saturated carbocycles. The Labute approximate surface area is 114 Å². The Bertz CT molecular complexity index is 584. The predicted octanol–water partition coefficient (Wildman–Crippen LogP) is 2.43. The molecule has 0 radical (unpaired) electrons. The summed E-state index contributed by atoms with van der Waals surface area (Å²) in [5.41, 5.74) is 1.13. The van der Waals surface area contributed by atoms with Crippen molar-refractivity contribution in [3.05, 3.63) is 33.7 Å². The van der Waals surface area contributed by atoms with Crippen LogP contribution in [-0.4, -0.2) is 19.0 Å². The van der Waals surface area contributed by atoms with Crippen LogP contribution < -0.4 is 0 Å². The molecular weight excluding hydrogens is 264 g/mol. The standard InChI is InChI=1S/C13H12N2O3S/c1-7-10(13(16)17-2)11(8-3-4-19-6-8)9(5-14)12(15)18-7/h3-4,6,9,11,15H,1-2H3.